The van der Waals surface area contributed by atoms with Crippen LogP contribution in [0.4, 0.5) is 0 Å². The van der Waals surface area contributed by atoms with Crippen molar-refractivity contribution in [2.24, 2.45) is 5.73 Å². The molecule has 1 aliphatic rings. The molecule has 6 heteroatoms. The SMILES string of the molecule is CC(C)N1CCC(N(C)C(=O)c2csc(CN)n2)CC1. The number of nitrogens with zero attached hydrogens (tertiary/aromatic N) is 3. The van der Waals surface area contributed by atoms with Gasteiger partial charge >= 0.3 is 0 Å². The van der Waals surface area contributed by atoms with Gasteiger partial charge in [-0.3, -0.25) is 4.79 Å². The second-order valence-electron chi connectivity index (χ2n) is 5.61. The van der Waals surface area contributed by atoms with E-state index in [0.29, 0.717) is 24.3 Å². The van der Waals surface area contributed by atoms with Gasteiger partial charge in [0.15, 0.2) is 0 Å². The maximum absolute atomic E-state index is 12.4. The van der Waals surface area contributed by atoms with Crippen LogP contribution in [-0.2, 0) is 6.54 Å². The topological polar surface area (TPSA) is 62.5 Å². The average Bonchev–Trinajstić information content (AvgIpc) is 2.94. The van der Waals surface area contributed by atoms with Crippen LogP contribution in [0, 0.1) is 0 Å². The fraction of sp³-hybridized carbons (Fsp3) is 0.714. The van der Waals surface area contributed by atoms with Gasteiger partial charge in [0.1, 0.15) is 10.7 Å². The molecule has 2 N–H and O–H groups in total. The van der Waals surface area contributed by atoms with E-state index < -0.39 is 0 Å². The molecule has 2 rings (SSSR count). The van der Waals surface area contributed by atoms with Crippen molar-refractivity contribution in [3.05, 3.63) is 16.1 Å². The van der Waals surface area contributed by atoms with Gasteiger partial charge in [0.05, 0.1) is 0 Å². The number of amides is 1. The Morgan fingerprint density at radius 1 is 1.55 bits per heavy atom. The van der Waals surface area contributed by atoms with Crippen molar-refractivity contribution in [1.82, 2.24) is 14.8 Å². The summed E-state index contributed by atoms with van der Waals surface area (Å²) in [5, 5.41) is 2.63. The molecule has 1 fully saturated rings. The molecule has 0 spiro atoms. The fourth-order valence-electron chi connectivity index (χ4n) is 2.64. The number of piperidine rings is 1. The first-order chi connectivity index (χ1) is 9.52. The van der Waals surface area contributed by atoms with Gasteiger partial charge in [-0.2, -0.15) is 0 Å². The number of hydrogen-bond donors (Lipinski definition) is 1. The third kappa shape index (κ3) is 3.37. The Morgan fingerprint density at radius 3 is 2.70 bits per heavy atom. The largest absolute Gasteiger partial charge is 0.337 e. The number of aromatic nitrogens is 1. The van der Waals surface area contributed by atoms with Gasteiger partial charge in [-0.25, -0.2) is 4.98 Å². The van der Waals surface area contributed by atoms with Crippen molar-refractivity contribution in [2.75, 3.05) is 20.1 Å². The Hall–Kier alpha value is -0.980. The minimum Gasteiger partial charge on any atom is -0.337 e. The maximum Gasteiger partial charge on any atom is 0.273 e. The monoisotopic (exact) mass is 296 g/mol. The maximum atomic E-state index is 12.4. The van der Waals surface area contributed by atoms with E-state index in [9.17, 15) is 4.79 Å². The van der Waals surface area contributed by atoms with Gasteiger partial charge in [-0.15, -0.1) is 11.3 Å². The number of carbonyl (C=O) groups excluding carboxylic acids is 1. The molecule has 1 aliphatic heterocycles. The molecule has 0 atom stereocenters. The van der Waals surface area contributed by atoms with E-state index in [-0.39, 0.29) is 5.91 Å². The highest BCUT2D eigenvalue weighted by atomic mass is 32.1. The molecule has 0 aromatic carbocycles. The lowest BCUT2D eigenvalue weighted by molar-refractivity contribution is 0.0610. The first-order valence-electron chi connectivity index (χ1n) is 7.18. The van der Waals surface area contributed by atoms with Crippen LogP contribution in [0.1, 0.15) is 42.2 Å². The second kappa shape index (κ2) is 6.65. The third-order valence-corrected chi connectivity index (χ3v) is 4.91. The molecule has 1 aromatic rings. The van der Waals surface area contributed by atoms with Gasteiger partial charge in [-0.1, -0.05) is 0 Å². The van der Waals surface area contributed by atoms with E-state index in [1.54, 1.807) is 0 Å². The molecule has 1 aromatic heterocycles. The Morgan fingerprint density at radius 2 is 2.20 bits per heavy atom. The first-order valence-corrected chi connectivity index (χ1v) is 8.06. The van der Waals surface area contributed by atoms with E-state index in [1.165, 1.54) is 11.3 Å². The summed E-state index contributed by atoms with van der Waals surface area (Å²) in [4.78, 5) is 21.0. The molecular formula is C14H24N4OS. The lowest BCUT2D eigenvalue weighted by atomic mass is 10.0. The predicted octanol–water partition coefficient (Wildman–Crippen LogP) is 1.55. The minimum atomic E-state index is 0.0175. The summed E-state index contributed by atoms with van der Waals surface area (Å²) >= 11 is 1.45. The van der Waals surface area contributed by atoms with Crippen LogP contribution in [0.15, 0.2) is 5.38 Å². The van der Waals surface area contributed by atoms with Crippen molar-refractivity contribution in [1.29, 1.82) is 0 Å². The zero-order chi connectivity index (χ0) is 14.7. The predicted molar refractivity (Wildman–Crippen MR) is 81.8 cm³/mol. The van der Waals surface area contributed by atoms with E-state index in [2.05, 4.69) is 23.7 Å². The zero-order valence-electron chi connectivity index (χ0n) is 12.5. The van der Waals surface area contributed by atoms with Crippen LogP contribution in [0.25, 0.3) is 0 Å². The Bertz CT molecular complexity index is 452. The molecule has 0 bridgehead atoms. The van der Waals surface area contributed by atoms with E-state index >= 15 is 0 Å². The van der Waals surface area contributed by atoms with E-state index in [0.717, 1.165) is 30.9 Å². The van der Waals surface area contributed by atoms with Crippen molar-refractivity contribution in [2.45, 2.75) is 45.3 Å². The Labute approximate surface area is 124 Å². The highest BCUT2D eigenvalue weighted by Crippen LogP contribution is 2.19. The van der Waals surface area contributed by atoms with Crippen LogP contribution in [0.5, 0.6) is 0 Å². The summed E-state index contributed by atoms with van der Waals surface area (Å²) in [6.45, 7) is 6.96. The third-order valence-electron chi connectivity index (χ3n) is 4.04. The lowest BCUT2D eigenvalue weighted by Gasteiger charge is -2.38. The summed E-state index contributed by atoms with van der Waals surface area (Å²) in [5.41, 5.74) is 6.07. The zero-order valence-corrected chi connectivity index (χ0v) is 13.3. The fourth-order valence-corrected chi connectivity index (χ4v) is 3.29. The molecule has 1 amide bonds. The van der Waals surface area contributed by atoms with Crippen LogP contribution in [0.2, 0.25) is 0 Å². The van der Waals surface area contributed by atoms with Gasteiger partial charge < -0.3 is 15.5 Å². The van der Waals surface area contributed by atoms with Crippen LogP contribution >= 0.6 is 11.3 Å². The smallest absolute Gasteiger partial charge is 0.273 e. The quantitative estimate of drug-likeness (QED) is 0.915. The molecule has 20 heavy (non-hydrogen) atoms. The molecule has 0 radical (unpaired) electrons. The highest BCUT2D eigenvalue weighted by Gasteiger charge is 2.27. The van der Waals surface area contributed by atoms with Gasteiger partial charge in [0, 0.05) is 44.1 Å². The summed E-state index contributed by atoms with van der Waals surface area (Å²) in [6, 6.07) is 0.906. The molecule has 1 saturated heterocycles. The van der Waals surface area contributed by atoms with Gasteiger partial charge in [-0.05, 0) is 26.7 Å². The van der Waals surface area contributed by atoms with E-state index in [4.69, 9.17) is 5.73 Å². The van der Waals surface area contributed by atoms with Crippen molar-refractivity contribution in [3.8, 4) is 0 Å². The second-order valence-corrected chi connectivity index (χ2v) is 6.55. The van der Waals surface area contributed by atoms with Crippen molar-refractivity contribution in [3.63, 3.8) is 0 Å². The average molecular weight is 296 g/mol. The summed E-state index contributed by atoms with van der Waals surface area (Å²) in [6.07, 6.45) is 2.07. The highest BCUT2D eigenvalue weighted by molar-refractivity contribution is 7.09. The molecular weight excluding hydrogens is 272 g/mol. The van der Waals surface area contributed by atoms with Crippen molar-refractivity contribution >= 4 is 17.2 Å². The minimum absolute atomic E-state index is 0.0175. The van der Waals surface area contributed by atoms with Crippen LogP contribution in [-0.4, -0.2) is 52.9 Å². The molecule has 0 saturated carbocycles. The Kier molecular flexibility index (Phi) is 5.12. The van der Waals surface area contributed by atoms with Gasteiger partial charge in [0.25, 0.3) is 5.91 Å². The van der Waals surface area contributed by atoms with Crippen molar-refractivity contribution < 1.29 is 4.79 Å². The number of carbonyl (C=O) groups is 1. The van der Waals surface area contributed by atoms with E-state index in [1.807, 2.05) is 17.3 Å². The first kappa shape index (κ1) is 15.4. The molecule has 2 heterocycles. The number of rotatable bonds is 4. The van der Waals surface area contributed by atoms with Gasteiger partial charge in [0.2, 0.25) is 0 Å². The standard InChI is InChI=1S/C14H24N4OS/c1-10(2)18-6-4-11(5-7-18)17(3)14(19)12-9-20-13(8-15)16-12/h9-11H,4-8,15H2,1-3H3. The lowest BCUT2D eigenvalue weighted by Crippen LogP contribution is -2.47. The van der Waals surface area contributed by atoms with Crippen LogP contribution < -0.4 is 5.73 Å². The summed E-state index contributed by atoms with van der Waals surface area (Å²) in [7, 11) is 1.89. The molecule has 5 nitrogen and oxygen atoms in total. The molecule has 112 valence electrons. The normalized spacial score (nSPS) is 17.6. The molecule has 0 aliphatic carbocycles. The van der Waals surface area contributed by atoms with Crippen LogP contribution in [0.3, 0.4) is 0 Å². The summed E-state index contributed by atoms with van der Waals surface area (Å²) in [5.74, 6) is 0.0175. The number of likely N-dealkylation sites (tertiary alicyclic amines) is 1. The number of nitrogens with two attached hydrogens (primary N) is 1. The summed E-state index contributed by atoms with van der Waals surface area (Å²) < 4.78 is 0. The Balaban J connectivity index is 1.94. The number of thiazole rings is 1. The number of hydrogen-bond acceptors (Lipinski definition) is 5. The molecule has 0 unspecified atom stereocenters.